The van der Waals surface area contributed by atoms with E-state index in [0.29, 0.717) is 4.47 Å². The molecule has 7 nitrogen and oxygen atoms in total. The highest BCUT2D eigenvalue weighted by atomic mass is 79.9. The summed E-state index contributed by atoms with van der Waals surface area (Å²) in [7, 11) is 1.37. The predicted octanol–water partition coefficient (Wildman–Crippen LogP) is 2.08. The maximum Gasteiger partial charge on any atom is 0.407 e. The third kappa shape index (κ3) is 5.56. The van der Waals surface area contributed by atoms with Crippen LogP contribution in [0.4, 0.5) is 4.79 Å². The Morgan fingerprint density at radius 1 is 1.35 bits per heavy atom. The van der Waals surface area contributed by atoms with Gasteiger partial charge in [-0.2, -0.15) is 0 Å². The fraction of sp³-hybridized carbons (Fsp3) is 0.533. The van der Waals surface area contributed by atoms with Crippen LogP contribution < -0.4 is 10.1 Å². The van der Waals surface area contributed by atoms with Gasteiger partial charge in [0, 0.05) is 16.6 Å². The summed E-state index contributed by atoms with van der Waals surface area (Å²) in [6, 6.07) is 3.09. The molecule has 0 bridgehead atoms. The first-order chi connectivity index (χ1) is 10.6. The first-order valence-electron chi connectivity index (χ1n) is 6.95. The Kier molecular flexibility index (Phi) is 6.67. The number of benzene rings is 1. The molecule has 1 aromatic carbocycles. The van der Waals surface area contributed by atoms with Gasteiger partial charge in [0.25, 0.3) is 0 Å². The van der Waals surface area contributed by atoms with Crippen LogP contribution in [-0.4, -0.2) is 46.8 Å². The highest BCUT2D eigenvalue weighted by molar-refractivity contribution is 9.10. The fourth-order valence-electron chi connectivity index (χ4n) is 1.82. The molecule has 0 saturated heterocycles. The quantitative estimate of drug-likeness (QED) is 0.611. The van der Waals surface area contributed by atoms with Crippen molar-refractivity contribution < 1.29 is 29.6 Å². The number of phenols is 1. The molecule has 0 fully saturated rings. The molecular weight excluding hydrogens is 370 g/mol. The lowest BCUT2D eigenvalue weighted by molar-refractivity contribution is 0.0114. The topological polar surface area (TPSA) is 108 Å². The second-order valence-corrected chi connectivity index (χ2v) is 6.76. The number of aromatic hydroxyl groups is 1. The number of halogens is 1. The third-order valence-electron chi connectivity index (χ3n) is 2.86. The lowest BCUT2D eigenvalue weighted by Crippen LogP contribution is -2.38. The van der Waals surface area contributed by atoms with Crippen molar-refractivity contribution in [3.8, 4) is 11.5 Å². The van der Waals surface area contributed by atoms with E-state index in [4.69, 9.17) is 9.47 Å². The molecule has 0 aliphatic heterocycles. The number of aliphatic hydroxyl groups excluding tert-OH is 2. The highest BCUT2D eigenvalue weighted by Gasteiger charge is 2.27. The summed E-state index contributed by atoms with van der Waals surface area (Å²) in [5, 5.41) is 32.7. The molecule has 1 aromatic rings. The molecule has 4 N–H and O–H groups in total. The minimum Gasteiger partial charge on any atom is -0.504 e. The number of carbonyl (C=O) groups excluding carboxylic acids is 1. The number of rotatable bonds is 5. The van der Waals surface area contributed by atoms with Gasteiger partial charge in [-0.3, -0.25) is 0 Å². The van der Waals surface area contributed by atoms with Gasteiger partial charge in [-0.15, -0.1) is 0 Å². The number of aliphatic hydroxyl groups is 2. The zero-order chi connectivity index (χ0) is 17.8. The molecule has 0 spiro atoms. The van der Waals surface area contributed by atoms with E-state index in [1.165, 1.54) is 13.2 Å². The Morgan fingerprint density at radius 2 is 1.96 bits per heavy atom. The highest BCUT2D eigenvalue weighted by Crippen LogP contribution is 2.39. The second-order valence-electron chi connectivity index (χ2n) is 5.91. The van der Waals surface area contributed by atoms with Crippen molar-refractivity contribution in [1.29, 1.82) is 0 Å². The van der Waals surface area contributed by atoms with Crippen LogP contribution in [0.1, 0.15) is 32.4 Å². The van der Waals surface area contributed by atoms with Gasteiger partial charge >= 0.3 is 6.09 Å². The monoisotopic (exact) mass is 391 g/mol. The van der Waals surface area contributed by atoms with E-state index in [1.807, 2.05) is 0 Å². The van der Waals surface area contributed by atoms with Crippen LogP contribution in [0.25, 0.3) is 0 Å². The summed E-state index contributed by atoms with van der Waals surface area (Å²) in [5.41, 5.74) is -0.593. The minimum atomic E-state index is -1.44. The van der Waals surface area contributed by atoms with E-state index >= 15 is 0 Å². The smallest absolute Gasteiger partial charge is 0.407 e. The number of phenolic OH excluding ortho intramolecular Hbond substituents is 1. The third-order valence-corrected chi connectivity index (χ3v) is 3.55. The number of ether oxygens (including phenoxy) is 2. The Morgan fingerprint density at radius 3 is 2.48 bits per heavy atom. The Bertz CT molecular complexity index is 558. The first kappa shape index (κ1) is 19.5. The molecule has 130 valence electrons. The van der Waals surface area contributed by atoms with Gasteiger partial charge in [-0.05, 0) is 32.9 Å². The zero-order valence-electron chi connectivity index (χ0n) is 13.5. The summed E-state index contributed by atoms with van der Waals surface area (Å²) >= 11 is 3.20. The van der Waals surface area contributed by atoms with Crippen LogP contribution in [0.3, 0.4) is 0 Å². The van der Waals surface area contributed by atoms with Gasteiger partial charge in [0.15, 0.2) is 11.5 Å². The molecule has 1 amide bonds. The molecule has 0 heterocycles. The van der Waals surface area contributed by atoms with Crippen LogP contribution in [0.5, 0.6) is 11.5 Å². The second kappa shape index (κ2) is 7.85. The van der Waals surface area contributed by atoms with E-state index in [1.54, 1.807) is 26.8 Å². The number of hydrogen-bond acceptors (Lipinski definition) is 6. The van der Waals surface area contributed by atoms with E-state index in [0.717, 1.165) is 0 Å². The molecule has 0 aliphatic rings. The predicted molar refractivity (Wildman–Crippen MR) is 87.6 cm³/mol. The van der Waals surface area contributed by atoms with E-state index in [-0.39, 0.29) is 23.6 Å². The maximum absolute atomic E-state index is 11.6. The molecule has 2 atom stereocenters. The van der Waals surface area contributed by atoms with Crippen LogP contribution in [0, 0.1) is 0 Å². The maximum atomic E-state index is 11.6. The standard InChI is InChI=1S/C15H22BrNO6/c1-15(2,3)23-14(21)17-7-9(18)12(19)11-8(16)5-6-10(22-4)13(11)20/h5-6,9,12,18-20H,7H2,1-4H3,(H,17,21). The molecule has 8 heteroatoms. The number of carbonyl (C=O) groups is 1. The molecular formula is C15H22BrNO6. The van der Waals surface area contributed by atoms with Gasteiger partial charge in [0.05, 0.1) is 7.11 Å². The Balaban J connectivity index is 2.78. The molecule has 0 saturated carbocycles. The van der Waals surface area contributed by atoms with Gasteiger partial charge in [-0.25, -0.2) is 4.79 Å². The summed E-state index contributed by atoms with van der Waals surface area (Å²) in [6.45, 7) is 4.88. The molecule has 0 aliphatic carbocycles. The van der Waals surface area contributed by atoms with Gasteiger partial charge in [-0.1, -0.05) is 15.9 Å². The SMILES string of the molecule is COc1ccc(Br)c(C(O)C(O)CNC(=O)OC(C)(C)C)c1O. The van der Waals surface area contributed by atoms with Crippen molar-refractivity contribution >= 4 is 22.0 Å². The van der Waals surface area contributed by atoms with Gasteiger partial charge in [0.1, 0.15) is 17.8 Å². The van der Waals surface area contributed by atoms with Crippen molar-refractivity contribution in [2.45, 2.75) is 38.6 Å². The zero-order valence-corrected chi connectivity index (χ0v) is 15.0. The van der Waals surface area contributed by atoms with Gasteiger partial charge in [0.2, 0.25) is 0 Å². The van der Waals surface area contributed by atoms with Crippen LogP contribution >= 0.6 is 15.9 Å². The normalized spacial score (nSPS) is 14.0. The fourth-order valence-corrected chi connectivity index (χ4v) is 2.37. The summed E-state index contributed by atoms with van der Waals surface area (Å²) < 4.78 is 10.4. The molecule has 0 aromatic heterocycles. The van der Waals surface area contributed by atoms with Crippen molar-refractivity contribution in [3.63, 3.8) is 0 Å². The van der Waals surface area contributed by atoms with Crippen molar-refractivity contribution in [2.75, 3.05) is 13.7 Å². The lowest BCUT2D eigenvalue weighted by atomic mass is 10.0. The molecule has 2 unspecified atom stereocenters. The molecule has 0 radical (unpaired) electrons. The summed E-state index contributed by atoms with van der Waals surface area (Å²) in [5.74, 6) is -0.125. The number of alkyl carbamates (subject to hydrolysis) is 1. The van der Waals surface area contributed by atoms with Crippen molar-refractivity contribution in [3.05, 3.63) is 22.2 Å². The van der Waals surface area contributed by atoms with E-state index < -0.39 is 23.9 Å². The molecule has 23 heavy (non-hydrogen) atoms. The number of nitrogens with one attached hydrogen (secondary N) is 1. The Hall–Kier alpha value is -1.51. The molecule has 1 rings (SSSR count). The minimum absolute atomic E-state index is 0.0721. The average molecular weight is 392 g/mol. The Labute approximate surface area is 143 Å². The average Bonchev–Trinajstić information content (AvgIpc) is 2.43. The van der Waals surface area contributed by atoms with Gasteiger partial charge < -0.3 is 30.1 Å². The van der Waals surface area contributed by atoms with E-state index in [9.17, 15) is 20.1 Å². The van der Waals surface area contributed by atoms with Crippen molar-refractivity contribution in [2.24, 2.45) is 0 Å². The summed E-state index contributed by atoms with van der Waals surface area (Å²) in [4.78, 5) is 11.6. The number of amides is 1. The van der Waals surface area contributed by atoms with Crippen LogP contribution in [0.15, 0.2) is 16.6 Å². The lowest BCUT2D eigenvalue weighted by Gasteiger charge is -2.23. The number of hydrogen-bond donors (Lipinski definition) is 4. The summed E-state index contributed by atoms with van der Waals surface area (Å²) in [6.07, 6.45) is -3.50. The van der Waals surface area contributed by atoms with E-state index in [2.05, 4.69) is 21.2 Å². The largest absolute Gasteiger partial charge is 0.504 e. The first-order valence-corrected chi connectivity index (χ1v) is 7.74. The van der Waals surface area contributed by atoms with Crippen LogP contribution in [-0.2, 0) is 4.74 Å². The van der Waals surface area contributed by atoms with Crippen molar-refractivity contribution in [1.82, 2.24) is 5.32 Å². The number of methoxy groups -OCH3 is 1. The van der Waals surface area contributed by atoms with Crippen LogP contribution in [0.2, 0.25) is 0 Å².